The van der Waals surface area contributed by atoms with Gasteiger partial charge in [-0.15, -0.1) is 0 Å². The number of carbonyl (C=O) groups is 1. The second-order valence-corrected chi connectivity index (χ2v) is 20.6. The molecule has 0 aliphatic rings. The fraction of sp³-hybridized carbons (Fsp3) is 0.949. The molecular weight excluding hydrogens is 787 g/mol. The Bertz CT molecular complexity index is 909. The molecule has 0 rings (SSSR count). The van der Waals surface area contributed by atoms with Gasteiger partial charge >= 0.3 is 0 Å². The van der Waals surface area contributed by atoms with Gasteiger partial charge in [0.2, 0.25) is 5.91 Å². The highest BCUT2D eigenvalue weighted by Crippen LogP contribution is 2.18. The first-order valence-corrected chi connectivity index (χ1v) is 29.5. The Morgan fingerprint density at radius 2 is 0.625 bits per heavy atom. The summed E-state index contributed by atoms with van der Waals surface area (Å²) in [5.74, 6) is -0.148. The molecule has 64 heavy (non-hydrogen) atoms. The number of nitrogens with one attached hydrogen (secondary N) is 1. The molecule has 0 saturated heterocycles. The Labute approximate surface area is 401 Å². The maximum atomic E-state index is 12.5. The van der Waals surface area contributed by atoms with Gasteiger partial charge < -0.3 is 20.6 Å². The van der Waals surface area contributed by atoms with E-state index in [1.807, 2.05) is 0 Å². The minimum Gasteiger partial charge on any atom is -0.394 e. The predicted octanol–water partition coefficient (Wildman–Crippen LogP) is 18.3. The van der Waals surface area contributed by atoms with E-state index in [2.05, 4.69) is 31.3 Å². The third-order valence-corrected chi connectivity index (χ3v) is 14.1. The Balaban J connectivity index is 3.40. The molecule has 382 valence electrons. The van der Waals surface area contributed by atoms with Gasteiger partial charge in [-0.05, 0) is 38.5 Å². The van der Waals surface area contributed by atoms with E-state index in [9.17, 15) is 20.1 Å². The number of aliphatic hydroxyl groups excluding tert-OH is 3. The second-order valence-electron chi connectivity index (χ2n) is 20.6. The monoisotopic (exact) mass is 904 g/mol. The first kappa shape index (κ1) is 63.1. The van der Waals surface area contributed by atoms with Crippen LogP contribution in [0, 0.1) is 0 Å². The van der Waals surface area contributed by atoms with E-state index >= 15 is 0 Å². The largest absolute Gasteiger partial charge is 0.394 e. The molecule has 0 aromatic carbocycles. The third-order valence-electron chi connectivity index (χ3n) is 14.1. The highest BCUT2D eigenvalue weighted by Gasteiger charge is 2.26. The van der Waals surface area contributed by atoms with Crippen LogP contribution >= 0.6 is 0 Å². The highest BCUT2D eigenvalue weighted by molar-refractivity contribution is 5.76. The first-order valence-electron chi connectivity index (χ1n) is 29.5. The fourth-order valence-electron chi connectivity index (χ4n) is 9.58. The summed E-state index contributed by atoms with van der Waals surface area (Å²) in [6, 6.07) is -0.821. The van der Waals surface area contributed by atoms with Crippen LogP contribution in [0.25, 0.3) is 0 Å². The van der Waals surface area contributed by atoms with Gasteiger partial charge in [0.25, 0.3) is 0 Å². The molecule has 0 aliphatic carbocycles. The molecule has 0 bridgehead atoms. The zero-order valence-electron chi connectivity index (χ0n) is 43.7. The lowest BCUT2D eigenvalue weighted by Crippen LogP contribution is -2.50. The molecule has 3 unspecified atom stereocenters. The summed E-state index contributed by atoms with van der Waals surface area (Å²) < 4.78 is 0. The Morgan fingerprint density at radius 3 is 0.906 bits per heavy atom. The van der Waals surface area contributed by atoms with Crippen LogP contribution in [0.1, 0.15) is 335 Å². The molecule has 0 aromatic rings. The smallest absolute Gasteiger partial charge is 0.220 e. The van der Waals surface area contributed by atoms with Crippen LogP contribution in [0.5, 0.6) is 0 Å². The molecule has 4 N–H and O–H groups in total. The van der Waals surface area contributed by atoms with E-state index < -0.39 is 18.2 Å². The van der Waals surface area contributed by atoms with Crippen LogP contribution in [-0.2, 0) is 4.79 Å². The summed E-state index contributed by atoms with van der Waals surface area (Å²) in [5, 5.41) is 33.6. The van der Waals surface area contributed by atoms with Gasteiger partial charge in [-0.3, -0.25) is 4.79 Å². The van der Waals surface area contributed by atoms with Gasteiger partial charge in [-0.2, -0.15) is 0 Å². The zero-order valence-corrected chi connectivity index (χ0v) is 43.7. The average Bonchev–Trinajstić information content (AvgIpc) is 3.30. The molecule has 0 spiro atoms. The predicted molar refractivity (Wildman–Crippen MR) is 282 cm³/mol. The maximum absolute atomic E-state index is 12.5. The summed E-state index contributed by atoms with van der Waals surface area (Å²) in [6.45, 7) is 4.19. The molecule has 0 fully saturated rings. The van der Waals surface area contributed by atoms with E-state index in [4.69, 9.17) is 0 Å². The number of hydrogen-bond acceptors (Lipinski definition) is 4. The van der Waals surface area contributed by atoms with Crippen molar-refractivity contribution in [3.05, 3.63) is 12.2 Å². The normalized spacial score (nSPS) is 13.3. The van der Waals surface area contributed by atoms with Gasteiger partial charge in [0.1, 0.15) is 6.10 Å². The van der Waals surface area contributed by atoms with Crippen LogP contribution in [0.3, 0.4) is 0 Å². The molecule has 0 aliphatic heterocycles. The van der Waals surface area contributed by atoms with Crippen molar-refractivity contribution in [3.8, 4) is 0 Å². The molecule has 5 nitrogen and oxygen atoms in total. The van der Waals surface area contributed by atoms with E-state index in [1.54, 1.807) is 0 Å². The van der Waals surface area contributed by atoms with Crippen LogP contribution in [0.4, 0.5) is 0 Å². The van der Waals surface area contributed by atoms with Gasteiger partial charge in [0.15, 0.2) is 0 Å². The number of aliphatic hydroxyl groups is 3. The molecule has 3 atom stereocenters. The van der Waals surface area contributed by atoms with E-state index in [0.717, 1.165) is 38.5 Å². The van der Waals surface area contributed by atoms with Crippen molar-refractivity contribution in [3.63, 3.8) is 0 Å². The first-order chi connectivity index (χ1) is 31.6. The molecule has 0 aromatic heterocycles. The molecule has 0 radical (unpaired) electrons. The van der Waals surface area contributed by atoms with Crippen molar-refractivity contribution in [1.29, 1.82) is 0 Å². The van der Waals surface area contributed by atoms with Crippen molar-refractivity contribution < 1.29 is 20.1 Å². The van der Waals surface area contributed by atoms with Crippen molar-refractivity contribution in [2.24, 2.45) is 0 Å². The molecule has 5 heteroatoms. The number of allylic oxidation sites excluding steroid dienone is 2. The number of amides is 1. The van der Waals surface area contributed by atoms with Crippen LogP contribution in [0.2, 0.25) is 0 Å². The number of unbranched alkanes of at least 4 members (excludes halogenated alkanes) is 45. The Kier molecular flexibility index (Phi) is 53.9. The quantitative estimate of drug-likeness (QED) is 0.0362. The molecular formula is C59H117NO4. The number of rotatable bonds is 55. The maximum Gasteiger partial charge on any atom is 0.220 e. The number of hydrogen-bond donors (Lipinski definition) is 4. The molecule has 1 amide bonds. The lowest BCUT2D eigenvalue weighted by molar-refractivity contribution is -0.124. The Morgan fingerprint density at radius 1 is 0.375 bits per heavy atom. The lowest BCUT2D eigenvalue weighted by Gasteiger charge is -2.26. The SMILES string of the molecule is CCCCCCCCCC/C=C/CCCC(O)C(O)C(CO)NC(=O)CCCCCCCCCCCCCCCCCCCCCCCCCCCCCCCCCCCCCCC. The van der Waals surface area contributed by atoms with Crippen LogP contribution in [0.15, 0.2) is 12.2 Å². The van der Waals surface area contributed by atoms with Gasteiger partial charge in [-0.25, -0.2) is 0 Å². The topological polar surface area (TPSA) is 89.8 Å². The van der Waals surface area contributed by atoms with Gasteiger partial charge in [0, 0.05) is 6.42 Å². The second kappa shape index (κ2) is 54.7. The number of carbonyl (C=O) groups excluding carboxylic acids is 1. The lowest BCUT2D eigenvalue weighted by atomic mass is 10.0. The standard InChI is InChI=1S/C59H117NO4/c1-3-5-7-9-11-13-15-17-18-19-20-21-22-23-24-25-26-27-28-29-30-31-32-33-34-35-36-37-38-39-40-42-44-46-48-50-52-54-58(63)60-56(55-61)59(64)57(62)53-51-49-47-45-43-41-16-14-12-10-8-6-4-2/h45,47,56-57,59,61-62,64H,3-44,46,48-55H2,1-2H3,(H,60,63)/b47-45+. The van der Waals surface area contributed by atoms with Gasteiger partial charge in [0.05, 0.1) is 18.8 Å². The minimum atomic E-state index is -1.15. The summed E-state index contributed by atoms with van der Waals surface area (Å²) >= 11 is 0. The summed E-state index contributed by atoms with van der Waals surface area (Å²) in [4.78, 5) is 12.5. The van der Waals surface area contributed by atoms with E-state index in [0.29, 0.717) is 12.8 Å². The van der Waals surface area contributed by atoms with Crippen molar-refractivity contribution in [2.75, 3.05) is 6.61 Å². The summed E-state index contributed by atoms with van der Waals surface area (Å²) in [7, 11) is 0. The van der Waals surface area contributed by atoms with Crippen LogP contribution in [-0.4, -0.2) is 46.1 Å². The molecule has 0 saturated carbocycles. The van der Waals surface area contributed by atoms with Crippen molar-refractivity contribution >= 4 is 5.91 Å². The highest BCUT2D eigenvalue weighted by atomic mass is 16.3. The van der Waals surface area contributed by atoms with Crippen molar-refractivity contribution in [1.82, 2.24) is 5.32 Å². The third kappa shape index (κ3) is 49.0. The van der Waals surface area contributed by atoms with Gasteiger partial charge in [-0.1, -0.05) is 302 Å². The fourth-order valence-corrected chi connectivity index (χ4v) is 9.58. The summed E-state index contributed by atoms with van der Waals surface area (Å²) in [5.41, 5.74) is 0. The van der Waals surface area contributed by atoms with Crippen molar-refractivity contribution in [2.45, 2.75) is 353 Å². The summed E-state index contributed by atoms with van der Waals surface area (Å²) in [6.07, 6.45) is 68.4. The average molecular weight is 905 g/mol. The molecule has 0 heterocycles. The van der Waals surface area contributed by atoms with E-state index in [1.165, 1.54) is 270 Å². The van der Waals surface area contributed by atoms with E-state index in [-0.39, 0.29) is 12.5 Å². The minimum absolute atomic E-state index is 0.148. The Hall–Kier alpha value is -0.910. The zero-order chi connectivity index (χ0) is 46.5. The van der Waals surface area contributed by atoms with Crippen LogP contribution < -0.4 is 5.32 Å².